The minimum absolute atomic E-state index is 0.308. The first-order valence-corrected chi connectivity index (χ1v) is 4.93. The van der Waals surface area contributed by atoms with E-state index >= 15 is 0 Å². The average Bonchev–Trinajstić information content (AvgIpc) is 2.50. The summed E-state index contributed by atoms with van der Waals surface area (Å²) in [7, 11) is 0. The molecule has 1 unspecified atom stereocenters. The van der Waals surface area contributed by atoms with E-state index in [0.717, 1.165) is 6.42 Å². The van der Waals surface area contributed by atoms with Crippen LogP contribution < -0.4 is 5.32 Å². The van der Waals surface area contributed by atoms with E-state index in [1.807, 2.05) is 0 Å². The fourth-order valence-corrected chi connectivity index (χ4v) is 1.87. The molecule has 1 heterocycles. The van der Waals surface area contributed by atoms with E-state index in [2.05, 4.69) is 23.7 Å². The molecule has 0 spiro atoms. The van der Waals surface area contributed by atoms with Crippen LogP contribution in [0.15, 0.2) is 22.8 Å². The van der Waals surface area contributed by atoms with E-state index in [9.17, 15) is 0 Å². The Balaban J connectivity index is 2.15. The van der Waals surface area contributed by atoms with Crippen LogP contribution in [0.1, 0.15) is 6.42 Å². The molecular weight excluding hydrogens is 158 g/mol. The summed E-state index contributed by atoms with van der Waals surface area (Å²) in [4.78, 5) is 1.41. The molecule has 1 fully saturated rings. The largest absolute Gasteiger partial charge is 0.364 e. The minimum Gasteiger partial charge on any atom is -0.364 e. The lowest BCUT2D eigenvalue weighted by molar-refractivity contribution is 0.121. The van der Waals surface area contributed by atoms with Crippen molar-refractivity contribution in [3.63, 3.8) is 0 Å². The zero-order chi connectivity index (χ0) is 7.68. The van der Waals surface area contributed by atoms with Crippen molar-refractivity contribution >= 4 is 11.8 Å². The Morgan fingerprint density at radius 2 is 2.55 bits per heavy atom. The molecule has 3 heteroatoms. The third-order valence-electron chi connectivity index (χ3n) is 2.01. The smallest absolute Gasteiger partial charge is 0.117 e. The van der Waals surface area contributed by atoms with Crippen LogP contribution in [0, 0.1) is 0 Å². The van der Waals surface area contributed by atoms with Gasteiger partial charge in [-0.3, -0.25) is 0 Å². The molecular formula is C8H11NOS. The molecule has 1 aliphatic carbocycles. The van der Waals surface area contributed by atoms with Gasteiger partial charge in [0.15, 0.2) is 0 Å². The first-order valence-electron chi connectivity index (χ1n) is 3.70. The standard InChI is InChI=1S/C8H11NOS/c1-11-6-2-3-7-8(4-6)10-5-9-7/h2-3,8-9H,4-5H2,1H3. The first kappa shape index (κ1) is 7.25. The third kappa shape index (κ3) is 1.30. The summed E-state index contributed by atoms with van der Waals surface area (Å²) in [6.45, 7) is 0.673. The molecule has 2 rings (SSSR count). The molecule has 0 amide bonds. The first-order chi connectivity index (χ1) is 5.40. The molecule has 0 radical (unpaired) electrons. The molecule has 2 nitrogen and oxygen atoms in total. The number of rotatable bonds is 1. The zero-order valence-corrected chi connectivity index (χ0v) is 7.28. The molecule has 1 saturated heterocycles. The van der Waals surface area contributed by atoms with E-state index in [1.165, 1.54) is 10.6 Å². The van der Waals surface area contributed by atoms with Crippen LogP contribution in [-0.4, -0.2) is 19.1 Å². The number of allylic oxidation sites excluding steroid dienone is 2. The van der Waals surface area contributed by atoms with Crippen molar-refractivity contribution in [2.24, 2.45) is 0 Å². The minimum atomic E-state index is 0.308. The molecule has 0 bridgehead atoms. The molecule has 0 aromatic carbocycles. The second-order valence-corrected chi connectivity index (χ2v) is 3.57. The Labute approximate surface area is 70.7 Å². The Kier molecular flexibility index (Phi) is 1.92. The zero-order valence-electron chi connectivity index (χ0n) is 6.46. The maximum atomic E-state index is 5.46. The lowest BCUT2D eigenvalue weighted by Gasteiger charge is -2.15. The van der Waals surface area contributed by atoms with Gasteiger partial charge in [-0.25, -0.2) is 0 Å². The monoisotopic (exact) mass is 169 g/mol. The van der Waals surface area contributed by atoms with Crippen molar-refractivity contribution in [3.8, 4) is 0 Å². The Morgan fingerprint density at radius 3 is 3.36 bits per heavy atom. The maximum Gasteiger partial charge on any atom is 0.117 e. The predicted octanol–water partition coefficient (Wildman–Crippen LogP) is 1.47. The molecule has 1 aliphatic heterocycles. The number of thioether (sulfide) groups is 1. The highest BCUT2D eigenvalue weighted by atomic mass is 32.2. The summed E-state index contributed by atoms with van der Waals surface area (Å²) in [5, 5.41) is 3.19. The SMILES string of the molecule is CSC1=CC=C2NCOC2C1. The van der Waals surface area contributed by atoms with Crippen LogP contribution in [0.3, 0.4) is 0 Å². The van der Waals surface area contributed by atoms with Crippen LogP contribution in [0.2, 0.25) is 0 Å². The highest BCUT2D eigenvalue weighted by Crippen LogP contribution is 2.28. The molecule has 2 aliphatic rings. The normalized spacial score (nSPS) is 28.6. The Hall–Kier alpha value is -0.410. The van der Waals surface area contributed by atoms with Gasteiger partial charge < -0.3 is 10.1 Å². The molecule has 0 aromatic heterocycles. The third-order valence-corrected chi connectivity index (χ3v) is 2.83. The summed E-state index contributed by atoms with van der Waals surface area (Å²) in [6.07, 6.45) is 7.74. The summed E-state index contributed by atoms with van der Waals surface area (Å²) >= 11 is 1.80. The van der Waals surface area contributed by atoms with Gasteiger partial charge in [0.05, 0.1) is 0 Å². The van der Waals surface area contributed by atoms with Gasteiger partial charge in [-0.15, -0.1) is 11.8 Å². The fraction of sp³-hybridized carbons (Fsp3) is 0.500. The Morgan fingerprint density at radius 1 is 1.64 bits per heavy atom. The maximum absolute atomic E-state index is 5.46. The van der Waals surface area contributed by atoms with Gasteiger partial charge in [0.25, 0.3) is 0 Å². The topological polar surface area (TPSA) is 21.3 Å². The van der Waals surface area contributed by atoms with Crippen molar-refractivity contribution in [1.29, 1.82) is 0 Å². The molecule has 1 N–H and O–H groups in total. The van der Waals surface area contributed by atoms with Gasteiger partial charge in [0.2, 0.25) is 0 Å². The van der Waals surface area contributed by atoms with E-state index in [1.54, 1.807) is 11.8 Å². The van der Waals surface area contributed by atoms with E-state index < -0.39 is 0 Å². The van der Waals surface area contributed by atoms with Crippen LogP contribution in [-0.2, 0) is 4.74 Å². The van der Waals surface area contributed by atoms with E-state index in [4.69, 9.17) is 4.74 Å². The number of ether oxygens (including phenoxy) is 1. The summed E-state index contributed by atoms with van der Waals surface area (Å²) in [6, 6.07) is 0. The van der Waals surface area contributed by atoms with Crippen molar-refractivity contribution in [2.45, 2.75) is 12.5 Å². The van der Waals surface area contributed by atoms with Crippen molar-refractivity contribution in [3.05, 3.63) is 22.8 Å². The summed E-state index contributed by atoms with van der Waals surface area (Å²) in [5.41, 5.74) is 1.24. The van der Waals surface area contributed by atoms with Gasteiger partial charge in [-0.1, -0.05) is 6.08 Å². The van der Waals surface area contributed by atoms with E-state index in [-0.39, 0.29) is 0 Å². The highest BCUT2D eigenvalue weighted by Gasteiger charge is 2.23. The van der Waals surface area contributed by atoms with Gasteiger partial charge in [0.1, 0.15) is 12.8 Å². The molecule has 60 valence electrons. The lowest BCUT2D eigenvalue weighted by atomic mass is 10.1. The molecule has 0 saturated carbocycles. The number of nitrogens with one attached hydrogen (secondary N) is 1. The molecule has 0 aromatic rings. The van der Waals surface area contributed by atoms with Crippen LogP contribution in [0.4, 0.5) is 0 Å². The lowest BCUT2D eigenvalue weighted by Crippen LogP contribution is -2.14. The quantitative estimate of drug-likeness (QED) is 0.642. The van der Waals surface area contributed by atoms with Crippen molar-refractivity contribution in [1.82, 2.24) is 5.32 Å². The molecule has 1 atom stereocenters. The number of hydrogen-bond acceptors (Lipinski definition) is 3. The summed E-state index contributed by atoms with van der Waals surface area (Å²) in [5.74, 6) is 0. The Bertz CT molecular complexity index is 222. The van der Waals surface area contributed by atoms with Gasteiger partial charge in [0, 0.05) is 12.1 Å². The van der Waals surface area contributed by atoms with Crippen molar-refractivity contribution < 1.29 is 4.74 Å². The van der Waals surface area contributed by atoms with Gasteiger partial charge in [-0.2, -0.15) is 0 Å². The van der Waals surface area contributed by atoms with Gasteiger partial charge >= 0.3 is 0 Å². The number of fused-ring (bicyclic) bond motifs is 1. The van der Waals surface area contributed by atoms with E-state index in [0.29, 0.717) is 12.8 Å². The fourth-order valence-electron chi connectivity index (χ4n) is 1.35. The second kappa shape index (κ2) is 2.91. The summed E-state index contributed by atoms with van der Waals surface area (Å²) < 4.78 is 5.46. The second-order valence-electron chi connectivity index (χ2n) is 2.64. The number of hydrogen-bond donors (Lipinski definition) is 1. The predicted molar refractivity (Wildman–Crippen MR) is 47.2 cm³/mol. The van der Waals surface area contributed by atoms with Crippen LogP contribution in [0.25, 0.3) is 0 Å². The average molecular weight is 169 g/mol. The highest BCUT2D eigenvalue weighted by molar-refractivity contribution is 8.02. The van der Waals surface area contributed by atoms with Crippen LogP contribution in [0.5, 0.6) is 0 Å². The van der Waals surface area contributed by atoms with Gasteiger partial charge in [-0.05, 0) is 17.2 Å². The molecule has 11 heavy (non-hydrogen) atoms. The van der Waals surface area contributed by atoms with Crippen LogP contribution >= 0.6 is 11.8 Å². The van der Waals surface area contributed by atoms with Crippen molar-refractivity contribution in [2.75, 3.05) is 13.0 Å².